The van der Waals surface area contributed by atoms with Crippen molar-refractivity contribution in [3.8, 4) is 11.5 Å². The van der Waals surface area contributed by atoms with Gasteiger partial charge in [0.15, 0.2) is 5.82 Å². The number of alkyl carbamates (subject to hydrolysis) is 2. The molecule has 14 nitrogen and oxygen atoms in total. The summed E-state index contributed by atoms with van der Waals surface area (Å²) < 4.78 is 22.8. The number of hydrogen-bond donors (Lipinski definition) is 4. The molecule has 0 radical (unpaired) electrons. The highest BCUT2D eigenvalue weighted by Crippen LogP contribution is 2.32. The Bertz CT molecular complexity index is 2020. The van der Waals surface area contributed by atoms with Crippen LogP contribution in [-0.2, 0) is 32.2 Å². The van der Waals surface area contributed by atoms with E-state index >= 15 is 0 Å². The zero-order valence-electron chi connectivity index (χ0n) is 31.2. The number of fused-ring (bicyclic) bond motifs is 2. The molecule has 0 fully saturated rings. The molecule has 4 aromatic rings. The van der Waals surface area contributed by atoms with Gasteiger partial charge in [-0.2, -0.15) is 0 Å². The largest absolute Gasteiger partial charge is 0.459 e. The predicted molar refractivity (Wildman–Crippen MR) is 201 cm³/mol. The van der Waals surface area contributed by atoms with E-state index in [4.69, 9.17) is 18.6 Å². The maximum Gasteiger partial charge on any atom is 0.408 e. The number of hydrogen-bond acceptors (Lipinski definition) is 10. The van der Waals surface area contributed by atoms with Gasteiger partial charge in [0.25, 0.3) is 0 Å². The molecule has 5 rings (SSSR count). The highest BCUT2D eigenvalue weighted by molar-refractivity contribution is 6.00. The highest BCUT2D eigenvalue weighted by Gasteiger charge is 2.28. The molecule has 2 aromatic carbocycles. The molecule has 280 valence electrons. The molecule has 2 aromatic heterocycles. The van der Waals surface area contributed by atoms with Crippen molar-refractivity contribution in [2.75, 3.05) is 24.2 Å². The maximum absolute atomic E-state index is 13.1. The zero-order valence-corrected chi connectivity index (χ0v) is 31.2. The molecule has 53 heavy (non-hydrogen) atoms. The van der Waals surface area contributed by atoms with E-state index in [2.05, 4.69) is 26.3 Å². The van der Waals surface area contributed by atoms with Crippen molar-refractivity contribution >= 4 is 52.6 Å². The van der Waals surface area contributed by atoms with E-state index in [1.54, 1.807) is 44.9 Å². The van der Waals surface area contributed by atoms with Crippen LogP contribution in [0.1, 0.15) is 64.0 Å². The second-order valence-corrected chi connectivity index (χ2v) is 14.7. The first-order valence-corrected chi connectivity index (χ1v) is 17.2. The summed E-state index contributed by atoms with van der Waals surface area (Å²) in [7, 11) is 1.69. The number of benzene rings is 2. The lowest BCUT2D eigenvalue weighted by atomic mass is 10.1. The van der Waals surface area contributed by atoms with Crippen molar-refractivity contribution in [2.24, 2.45) is 0 Å². The van der Waals surface area contributed by atoms with Crippen LogP contribution in [0.4, 0.5) is 21.1 Å². The van der Waals surface area contributed by atoms with Crippen LogP contribution in [0.25, 0.3) is 17.0 Å². The number of pyridine rings is 1. The van der Waals surface area contributed by atoms with Gasteiger partial charge in [0.1, 0.15) is 40.1 Å². The number of ether oxygens (including phenoxy) is 3. The monoisotopic (exact) mass is 726 g/mol. The molecule has 1 atom stereocenters. The van der Waals surface area contributed by atoms with Gasteiger partial charge >= 0.3 is 12.2 Å². The van der Waals surface area contributed by atoms with Crippen LogP contribution in [0.15, 0.2) is 65.2 Å². The minimum absolute atomic E-state index is 0.114. The molecule has 1 aliphatic rings. The molecule has 14 heteroatoms. The molecular formula is C39H46N6O8. The van der Waals surface area contributed by atoms with Crippen LogP contribution < -0.4 is 26.0 Å². The van der Waals surface area contributed by atoms with E-state index < -0.39 is 35.3 Å². The van der Waals surface area contributed by atoms with Crippen LogP contribution in [-0.4, -0.2) is 64.7 Å². The molecule has 0 saturated heterocycles. The Labute approximate surface area is 308 Å². The van der Waals surface area contributed by atoms with E-state index in [9.17, 15) is 19.2 Å². The van der Waals surface area contributed by atoms with Gasteiger partial charge in [0, 0.05) is 43.4 Å². The topological polar surface area (TPSA) is 173 Å². The minimum atomic E-state index is -0.881. The van der Waals surface area contributed by atoms with Gasteiger partial charge < -0.3 is 44.8 Å². The maximum atomic E-state index is 13.1. The molecular weight excluding hydrogens is 680 g/mol. The number of likely N-dealkylation sites (N-methyl/N-ethyl adjacent to an activating group) is 1. The van der Waals surface area contributed by atoms with Crippen molar-refractivity contribution in [3.05, 3.63) is 83.3 Å². The first kappa shape index (κ1) is 38.2. The number of amides is 4. The number of rotatable bonds is 9. The van der Waals surface area contributed by atoms with Crippen molar-refractivity contribution in [3.63, 3.8) is 0 Å². The first-order valence-electron chi connectivity index (χ1n) is 17.2. The lowest BCUT2D eigenvalue weighted by molar-refractivity contribution is -0.125. The number of anilines is 2. The van der Waals surface area contributed by atoms with E-state index in [1.807, 2.05) is 70.2 Å². The van der Waals surface area contributed by atoms with Gasteiger partial charge in [0.2, 0.25) is 11.8 Å². The number of carbonyl (C=O) groups is 4. The van der Waals surface area contributed by atoms with E-state index in [1.165, 1.54) is 12.3 Å². The summed E-state index contributed by atoms with van der Waals surface area (Å²) in [6.07, 6.45) is 3.43. The molecule has 0 unspecified atom stereocenters. The number of nitrogens with one attached hydrogen (secondary N) is 4. The molecule has 4 N–H and O–H groups in total. The quantitative estimate of drug-likeness (QED) is 0.133. The third-order valence-electron chi connectivity index (χ3n) is 7.83. The summed E-state index contributed by atoms with van der Waals surface area (Å²) in [5.41, 5.74) is 2.36. The molecule has 1 aliphatic heterocycles. The third kappa shape index (κ3) is 10.7. The normalized spacial score (nSPS) is 14.4. The molecule has 0 aliphatic carbocycles. The Morgan fingerprint density at radius 1 is 0.981 bits per heavy atom. The summed E-state index contributed by atoms with van der Waals surface area (Å²) >= 11 is 0. The van der Waals surface area contributed by atoms with Crippen molar-refractivity contribution in [1.29, 1.82) is 0 Å². The number of aromatic nitrogens is 1. The second kappa shape index (κ2) is 15.7. The van der Waals surface area contributed by atoms with Gasteiger partial charge in [-0.15, -0.1) is 0 Å². The average Bonchev–Trinajstić information content (AvgIpc) is 3.28. The van der Waals surface area contributed by atoms with Crippen LogP contribution >= 0.6 is 0 Å². The van der Waals surface area contributed by atoms with E-state index in [0.717, 1.165) is 16.5 Å². The fraction of sp³-hybridized carbons (Fsp3) is 0.359. The Hall–Kier alpha value is -6.05. The van der Waals surface area contributed by atoms with E-state index in [-0.39, 0.29) is 19.0 Å². The molecule has 3 heterocycles. The molecule has 0 spiro atoms. The fourth-order valence-electron chi connectivity index (χ4n) is 5.23. The first-order chi connectivity index (χ1) is 24.9. The Balaban J connectivity index is 1.16. The smallest absolute Gasteiger partial charge is 0.408 e. The average molecular weight is 727 g/mol. The molecule has 0 saturated carbocycles. The Morgan fingerprint density at radius 2 is 1.66 bits per heavy atom. The second-order valence-electron chi connectivity index (χ2n) is 14.7. The minimum Gasteiger partial charge on any atom is -0.459 e. The number of nitrogens with zero attached hydrogens (tertiary/aromatic N) is 2. The van der Waals surface area contributed by atoms with Crippen LogP contribution in [0.3, 0.4) is 0 Å². The van der Waals surface area contributed by atoms with Crippen LogP contribution in [0.5, 0.6) is 11.5 Å². The summed E-state index contributed by atoms with van der Waals surface area (Å²) in [5, 5.41) is 12.0. The van der Waals surface area contributed by atoms with Gasteiger partial charge in [-0.3, -0.25) is 9.59 Å². The van der Waals surface area contributed by atoms with E-state index in [0.29, 0.717) is 46.5 Å². The van der Waals surface area contributed by atoms with Crippen molar-refractivity contribution in [2.45, 2.75) is 78.8 Å². The van der Waals surface area contributed by atoms with Crippen molar-refractivity contribution < 1.29 is 37.8 Å². The highest BCUT2D eigenvalue weighted by atomic mass is 16.6. The number of aryl methyl sites for hydroxylation is 1. The standard InChI is InChI=1S/C39H46N6O8/c1-23-28-18-27(50-26-12-9-24(10-13-26)19-42-36(48)52-38(2,3)4)14-15-31(28)51-32(23)22-45(8)33(46)16-11-25-17-29-34(41-20-25)44-35(47)30(21-40-29)43-37(49)53-39(5,6)7/h9-18,20,30,40H,19,21-22H2,1-8H3,(H,42,48)(H,43,49)(H,41,44,47)/b16-11+/t30-/m0/s1. The summed E-state index contributed by atoms with van der Waals surface area (Å²) in [4.78, 5) is 55.8. The van der Waals surface area contributed by atoms with Gasteiger partial charge in [0.05, 0.1) is 12.2 Å². The number of carbonyl (C=O) groups excluding carboxylic acids is 4. The zero-order chi connectivity index (χ0) is 38.5. The predicted octanol–water partition coefficient (Wildman–Crippen LogP) is 6.88. The summed E-state index contributed by atoms with van der Waals surface area (Å²) in [6.45, 7) is 13.3. The molecule has 4 amide bonds. The summed E-state index contributed by atoms with van der Waals surface area (Å²) in [5.74, 6) is 1.52. The van der Waals surface area contributed by atoms with Crippen LogP contribution in [0, 0.1) is 6.92 Å². The number of furan rings is 1. The Kier molecular flexibility index (Phi) is 11.3. The summed E-state index contributed by atoms with van der Waals surface area (Å²) in [6, 6.07) is 13.8. The Morgan fingerprint density at radius 3 is 2.36 bits per heavy atom. The van der Waals surface area contributed by atoms with Gasteiger partial charge in [-0.05, 0) is 102 Å². The van der Waals surface area contributed by atoms with Crippen LogP contribution in [0.2, 0.25) is 0 Å². The lowest BCUT2D eigenvalue weighted by Gasteiger charge is -2.22. The SMILES string of the molecule is Cc1c(CN(C)C(=O)/C=C/c2cnc3c(c2)NC[C@H](NC(=O)OC(C)(C)C)C(=O)N3)oc2ccc(Oc3ccc(CNC(=O)OC(C)(C)C)cc3)cc12. The van der Waals surface area contributed by atoms with Crippen molar-refractivity contribution in [1.82, 2.24) is 20.5 Å². The van der Waals surface area contributed by atoms with Gasteiger partial charge in [-0.25, -0.2) is 14.6 Å². The molecule has 0 bridgehead atoms. The van der Waals surface area contributed by atoms with Gasteiger partial charge in [-0.1, -0.05) is 12.1 Å². The lowest BCUT2D eigenvalue weighted by Crippen LogP contribution is -2.48. The third-order valence-corrected chi connectivity index (χ3v) is 7.83. The fourth-order valence-corrected chi connectivity index (χ4v) is 5.23.